The number of imidazole rings is 1. The van der Waals surface area contributed by atoms with E-state index >= 15 is 0 Å². The Kier molecular flexibility index (Phi) is 4.12. The number of carbonyl (C=O) groups excluding carboxylic acids is 1. The number of nitrogens with one attached hydrogen (secondary N) is 1. The van der Waals surface area contributed by atoms with E-state index < -0.39 is 0 Å². The van der Waals surface area contributed by atoms with Gasteiger partial charge in [-0.1, -0.05) is 0 Å². The van der Waals surface area contributed by atoms with Gasteiger partial charge in [-0.25, -0.2) is 4.98 Å². The monoisotopic (exact) mass is 307 g/mol. The predicted molar refractivity (Wildman–Crippen MR) is 81.7 cm³/mol. The summed E-state index contributed by atoms with van der Waals surface area (Å²) in [6, 6.07) is 5.47. The van der Waals surface area contributed by atoms with Crippen LogP contribution in [0, 0.1) is 0 Å². The van der Waals surface area contributed by atoms with E-state index in [1.807, 2.05) is 17.6 Å². The highest BCUT2D eigenvalue weighted by atomic mass is 35.5. The number of aromatic nitrogens is 2. The molecule has 2 heterocycles. The SMILES string of the molecule is CCn1c(Cl)nc2cc(C(=O)NC[C@@H]3CCCO3)ccc21. The lowest BCUT2D eigenvalue weighted by atomic mass is 10.1. The normalized spacial score (nSPS) is 18.3. The van der Waals surface area contributed by atoms with Crippen molar-refractivity contribution in [1.82, 2.24) is 14.9 Å². The zero-order valence-corrected chi connectivity index (χ0v) is 12.7. The second kappa shape index (κ2) is 6.03. The predicted octanol–water partition coefficient (Wildman–Crippen LogP) is 2.62. The van der Waals surface area contributed by atoms with Crippen LogP contribution in [0.2, 0.25) is 5.28 Å². The van der Waals surface area contributed by atoms with Gasteiger partial charge in [0, 0.05) is 25.3 Å². The quantitative estimate of drug-likeness (QED) is 0.944. The van der Waals surface area contributed by atoms with Crippen LogP contribution in [0.15, 0.2) is 18.2 Å². The standard InChI is InChI=1S/C15H18ClN3O2/c1-2-19-13-6-5-10(8-12(13)18-15(19)16)14(20)17-9-11-4-3-7-21-11/h5-6,8,11H,2-4,7,9H2,1H3,(H,17,20)/t11-/m0/s1. The molecule has 2 aromatic rings. The van der Waals surface area contributed by atoms with E-state index in [1.165, 1.54) is 0 Å². The number of carbonyl (C=O) groups is 1. The third-order valence-electron chi connectivity index (χ3n) is 3.79. The van der Waals surface area contributed by atoms with Gasteiger partial charge in [0.05, 0.1) is 17.1 Å². The number of aryl methyl sites for hydroxylation is 1. The molecule has 0 spiro atoms. The van der Waals surface area contributed by atoms with Gasteiger partial charge < -0.3 is 14.6 Å². The minimum Gasteiger partial charge on any atom is -0.376 e. The summed E-state index contributed by atoms with van der Waals surface area (Å²) in [6.45, 7) is 4.11. The molecule has 0 aliphatic carbocycles. The van der Waals surface area contributed by atoms with Crippen molar-refractivity contribution < 1.29 is 9.53 Å². The molecule has 1 amide bonds. The molecule has 1 N–H and O–H groups in total. The van der Waals surface area contributed by atoms with Gasteiger partial charge in [-0.05, 0) is 49.6 Å². The summed E-state index contributed by atoms with van der Waals surface area (Å²) in [5.74, 6) is -0.102. The number of benzene rings is 1. The Bertz CT molecular complexity index is 662. The lowest BCUT2D eigenvalue weighted by molar-refractivity contribution is 0.0858. The van der Waals surface area contributed by atoms with Gasteiger partial charge >= 0.3 is 0 Å². The second-order valence-corrected chi connectivity index (χ2v) is 5.51. The summed E-state index contributed by atoms with van der Waals surface area (Å²) >= 11 is 6.08. The van der Waals surface area contributed by atoms with Gasteiger partial charge in [0.15, 0.2) is 0 Å². The van der Waals surface area contributed by atoms with Crippen LogP contribution >= 0.6 is 11.6 Å². The molecule has 1 aromatic carbocycles. The lowest BCUT2D eigenvalue weighted by Gasteiger charge is -2.10. The molecule has 112 valence electrons. The van der Waals surface area contributed by atoms with E-state index in [2.05, 4.69) is 10.3 Å². The highest BCUT2D eigenvalue weighted by Gasteiger charge is 2.17. The van der Waals surface area contributed by atoms with Crippen LogP contribution in [0.4, 0.5) is 0 Å². The molecular weight excluding hydrogens is 290 g/mol. The molecule has 0 radical (unpaired) electrons. The van der Waals surface area contributed by atoms with Crippen molar-refractivity contribution in [2.45, 2.75) is 32.4 Å². The molecule has 1 aliphatic rings. The first-order chi connectivity index (χ1) is 10.2. The Morgan fingerprint density at radius 3 is 3.14 bits per heavy atom. The van der Waals surface area contributed by atoms with Gasteiger partial charge in [-0.2, -0.15) is 0 Å². The van der Waals surface area contributed by atoms with E-state index in [1.54, 1.807) is 12.1 Å². The third kappa shape index (κ3) is 2.89. The first-order valence-electron chi connectivity index (χ1n) is 7.24. The lowest BCUT2D eigenvalue weighted by Crippen LogP contribution is -2.31. The summed E-state index contributed by atoms with van der Waals surface area (Å²) in [6.07, 6.45) is 2.22. The summed E-state index contributed by atoms with van der Waals surface area (Å²) < 4.78 is 7.40. The molecule has 1 fully saturated rings. The molecule has 0 saturated carbocycles. The molecule has 1 aromatic heterocycles. The van der Waals surface area contributed by atoms with Gasteiger partial charge in [-0.3, -0.25) is 4.79 Å². The molecule has 1 aliphatic heterocycles. The summed E-state index contributed by atoms with van der Waals surface area (Å²) in [5, 5.41) is 3.36. The average Bonchev–Trinajstić information content (AvgIpc) is 3.10. The van der Waals surface area contributed by atoms with Crippen LogP contribution in [0.25, 0.3) is 11.0 Å². The Balaban J connectivity index is 1.75. The largest absolute Gasteiger partial charge is 0.376 e. The van der Waals surface area contributed by atoms with Gasteiger partial charge in [-0.15, -0.1) is 0 Å². The molecule has 1 saturated heterocycles. The molecule has 3 rings (SSSR count). The highest BCUT2D eigenvalue weighted by Crippen LogP contribution is 2.21. The van der Waals surface area contributed by atoms with Gasteiger partial charge in [0.25, 0.3) is 5.91 Å². The van der Waals surface area contributed by atoms with Gasteiger partial charge in [0.1, 0.15) is 0 Å². The van der Waals surface area contributed by atoms with E-state index in [0.717, 1.165) is 37.0 Å². The first kappa shape index (κ1) is 14.4. The number of hydrogen-bond donors (Lipinski definition) is 1. The maximum Gasteiger partial charge on any atom is 0.251 e. The van der Waals surface area contributed by atoms with Crippen molar-refractivity contribution in [1.29, 1.82) is 0 Å². The smallest absolute Gasteiger partial charge is 0.251 e. The summed E-state index contributed by atoms with van der Waals surface area (Å²) in [7, 11) is 0. The topological polar surface area (TPSA) is 56.2 Å². The maximum absolute atomic E-state index is 12.2. The molecule has 5 nitrogen and oxygen atoms in total. The Hall–Kier alpha value is -1.59. The van der Waals surface area contributed by atoms with Gasteiger partial charge in [0.2, 0.25) is 5.28 Å². The zero-order chi connectivity index (χ0) is 14.8. The minimum absolute atomic E-state index is 0.102. The van der Waals surface area contributed by atoms with Crippen LogP contribution in [0.1, 0.15) is 30.1 Å². The fraction of sp³-hybridized carbons (Fsp3) is 0.467. The van der Waals surface area contributed by atoms with Crippen LogP contribution < -0.4 is 5.32 Å². The maximum atomic E-state index is 12.2. The number of hydrogen-bond acceptors (Lipinski definition) is 3. The number of ether oxygens (including phenoxy) is 1. The number of halogens is 1. The number of amides is 1. The average molecular weight is 308 g/mol. The first-order valence-corrected chi connectivity index (χ1v) is 7.62. The molecule has 6 heteroatoms. The fourth-order valence-corrected chi connectivity index (χ4v) is 2.96. The minimum atomic E-state index is -0.102. The zero-order valence-electron chi connectivity index (χ0n) is 11.9. The Morgan fingerprint density at radius 2 is 2.43 bits per heavy atom. The molecule has 0 unspecified atom stereocenters. The third-order valence-corrected chi connectivity index (χ3v) is 4.08. The second-order valence-electron chi connectivity index (χ2n) is 5.17. The molecular formula is C15H18ClN3O2. The van der Waals surface area contributed by atoms with E-state index in [4.69, 9.17) is 16.3 Å². The Morgan fingerprint density at radius 1 is 1.57 bits per heavy atom. The number of nitrogens with zero attached hydrogens (tertiary/aromatic N) is 2. The number of fused-ring (bicyclic) bond motifs is 1. The Labute approximate surface area is 128 Å². The summed E-state index contributed by atoms with van der Waals surface area (Å²) in [4.78, 5) is 16.5. The van der Waals surface area contributed by atoms with Crippen molar-refractivity contribution in [3.05, 3.63) is 29.0 Å². The van der Waals surface area contributed by atoms with Crippen LogP contribution in [-0.2, 0) is 11.3 Å². The molecule has 0 bridgehead atoms. The number of rotatable bonds is 4. The van der Waals surface area contributed by atoms with Crippen molar-refractivity contribution >= 4 is 28.5 Å². The summed E-state index contributed by atoms with van der Waals surface area (Å²) in [5.41, 5.74) is 2.28. The molecule has 1 atom stereocenters. The van der Waals surface area contributed by atoms with Crippen LogP contribution in [0.3, 0.4) is 0 Å². The van der Waals surface area contributed by atoms with Crippen molar-refractivity contribution in [2.24, 2.45) is 0 Å². The van der Waals surface area contributed by atoms with Crippen LogP contribution in [0.5, 0.6) is 0 Å². The van der Waals surface area contributed by atoms with Crippen molar-refractivity contribution in [3.8, 4) is 0 Å². The van der Waals surface area contributed by atoms with E-state index in [-0.39, 0.29) is 12.0 Å². The highest BCUT2D eigenvalue weighted by molar-refractivity contribution is 6.29. The van der Waals surface area contributed by atoms with Crippen molar-refractivity contribution in [2.75, 3.05) is 13.2 Å². The van der Waals surface area contributed by atoms with E-state index in [0.29, 0.717) is 17.4 Å². The van der Waals surface area contributed by atoms with Crippen LogP contribution in [-0.4, -0.2) is 34.7 Å². The fourth-order valence-electron chi connectivity index (χ4n) is 2.66. The van der Waals surface area contributed by atoms with Crippen molar-refractivity contribution in [3.63, 3.8) is 0 Å². The van der Waals surface area contributed by atoms with E-state index in [9.17, 15) is 4.79 Å². The molecule has 21 heavy (non-hydrogen) atoms.